The summed E-state index contributed by atoms with van der Waals surface area (Å²) in [5, 5.41) is 14.5. The van der Waals surface area contributed by atoms with Gasteiger partial charge in [0.05, 0.1) is 12.0 Å². The standard InChI is InChI=1S/C22H24N4O5/c1-31-18-7-2-15(3-8-18)22(28)25-12-10-24(11-13-25)19-9-4-16(14-20(19)26(29)30)21(27)23-17-5-6-17/h2-4,7-9,14,17H,5-6,10-13H2,1H3,(H,23,27). The first-order chi connectivity index (χ1) is 15.0. The summed E-state index contributed by atoms with van der Waals surface area (Å²) in [7, 11) is 1.57. The van der Waals surface area contributed by atoms with Crippen LogP contribution in [-0.4, -0.2) is 61.0 Å². The summed E-state index contributed by atoms with van der Waals surface area (Å²) in [6.45, 7) is 1.84. The van der Waals surface area contributed by atoms with Crippen molar-refractivity contribution in [2.24, 2.45) is 0 Å². The zero-order valence-corrected chi connectivity index (χ0v) is 17.2. The van der Waals surface area contributed by atoms with E-state index < -0.39 is 4.92 Å². The zero-order valence-electron chi connectivity index (χ0n) is 17.2. The number of nitrogens with one attached hydrogen (secondary N) is 1. The number of hydrogen-bond acceptors (Lipinski definition) is 6. The molecule has 1 aliphatic heterocycles. The van der Waals surface area contributed by atoms with Crippen molar-refractivity contribution in [3.05, 3.63) is 63.7 Å². The summed E-state index contributed by atoms with van der Waals surface area (Å²) in [5.74, 6) is 0.318. The van der Waals surface area contributed by atoms with Crippen LogP contribution in [0.2, 0.25) is 0 Å². The second-order valence-corrected chi connectivity index (χ2v) is 7.72. The Labute approximate surface area is 179 Å². The van der Waals surface area contributed by atoms with E-state index in [1.807, 2.05) is 4.90 Å². The Bertz CT molecular complexity index is 995. The Morgan fingerprint density at radius 3 is 2.26 bits per heavy atom. The number of piperazine rings is 1. The van der Waals surface area contributed by atoms with Crippen molar-refractivity contribution in [1.82, 2.24) is 10.2 Å². The third-order valence-electron chi connectivity index (χ3n) is 5.59. The quantitative estimate of drug-likeness (QED) is 0.564. The van der Waals surface area contributed by atoms with E-state index in [9.17, 15) is 19.7 Å². The molecule has 0 atom stereocenters. The van der Waals surface area contributed by atoms with Crippen molar-refractivity contribution in [1.29, 1.82) is 0 Å². The van der Waals surface area contributed by atoms with Crippen LogP contribution < -0.4 is 15.0 Å². The molecule has 2 aromatic rings. The molecular formula is C22H24N4O5. The van der Waals surface area contributed by atoms with Crippen molar-refractivity contribution >= 4 is 23.2 Å². The van der Waals surface area contributed by atoms with Gasteiger partial charge < -0.3 is 19.9 Å². The maximum atomic E-state index is 12.7. The number of ether oxygens (including phenoxy) is 1. The highest BCUT2D eigenvalue weighted by molar-refractivity contribution is 5.96. The Kier molecular flexibility index (Phi) is 5.75. The van der Waals surface area contributed by atoms with Gasteiger partial charge in [-0.1, -0.05) is 0 Å². The van der Waals surface area contributed by atoms with E-state index in [0.29, 0.717) is 43.2 Å². The third-order valence-corrected chi connectivity index (χ3v) is 5.59. The first kappa shape index (κ1) is 20.6. The van der Waals surface area contributed by atoms with Gasteiger partial charge in [0.15, 0.2) is 0 Å². The number of hydrogen-bond donors (Lipinski definition) is 1. The molecule has 0 unspecified atom stereocenters. The van der Waals surface area contributed by atoms with Gasteiger partial charge in [-0.3, -0.25) is 19.7 Å². The van der Waals surface area contributed by atoms with E-state index in [2.05, 4.69) is 5.32 Å². The largest absolute Gasteiger partial charge is 0.497 e. The molecule has 9 nitrogen and oxygen atoms in total. The smallest absolute Gasteiger partial charge is 0.293 e. The number of benzene rings is 2. The number of carbonyl (C=O) groups is 2. The van der Waals surface area contributed by atoms with Gasteiger partial charge in [0.25, 0.3) is 17.5 Å². The Morgan fingerprint density at radius 1 is 1.03 bits per heavy atom. The Balaban J connectivity index is 1.44. The monoisotopic (exact) mass is 424 g/mol. The molecule has 2 aliphatic rings. The van der Waals surface area contributed by atoms with Crippen LogP contribution in [0.25, 0.3) is 0 Å². The normalized spacial score (nSPS) is 16.0. The third kappa shape index (κ3) is 4.60. The summed E-state index contributed by atoms with van der Waals surface area (Å²) in [4.78, 5) is 39.8. The molecule has 0 spiro atoms. The fourth-order valence-electron chi connectivity index (χ4n) is 3.64. The van der Waals surface area contributed by atoms with Crippen LogP contribution in [0, 0.1) is 10.1 Å². The van der Waals surface area contributed by atoms with Crippen LogP contribution in [0.1, 0.15) is 33.6 Å². The van der Waals surface area contributed by atoms with Gasteiger partial charge in [0.1, 0.15) is 11.4 Å². The van der Waals surface area contributed by atoms with Crippen molar-refractivity contribution < 1.29 is 19.2 Å². The molecule has 1 aliphatic carbocycles. The molecule has 1 saturated heterocycles. The lowest BCUT2D eigenvalue weighted by molar-refractivity contribution is -0.384. The molecule has 0 bridgehead atoms. The van der Waals surface area contributed by atoms with E-state index in [4.69, 9.17) is 4.74 Å². The maximum absolute atomic E-state index is 12.7. The van der Waals surface area contributed by atoms with Crippen molar-refractivity contribution in [2.45, 2.75) is 18.9 Å². The Hall–Kier alpha value is -3.62. The van der Waals surface area contributed by atoms with Crippen LogP contribution in [0.4, 0.5) is 11.4 Å². The summed E-state index contributed by atoms with van der Waals surface area (Å²) < 4.78 is 5.12. The minimum Gasteiger partial charge on any atom is -0.497 e. The maximum Gasteiger partial charge on any atom is 0.293 e. The minimum absolute atomic E-state index is 0.0797. The van der Waals surface area contributed by atoms with Gasteiger partial charge in [-0.25, -0.2) is 0 Å². The van der Waals surface area contributed by atoms with E-state index in [0.717, 1.165) is 12.8 Å². The van der Waals surface area contributed by atoms with E-state index in [1.54, 1.807) is 48.4 Å². The zero-order chi connectivity index (χ0) is 22.0. The lowest BCUT2D eigenvalue weighted by Gasteiger charge is -2.36. The van der Waals surface area contributed by atoms with Gasteiger partial charge in [0.2, 0.25) is 0 Å². The van der Waals surface area contributed by atoms with Gasteiger partial charge in [-0.15, -0.1) is 0 Å². The summed E-state index contributed by atoms with van der Waals surface area (Å²) in [6, 6.07) is 11.7. The highest BCUT2D eigenvalue weighted by atomic mass is 16.6. The van der Waals surface area contributed by atoms with Gasteiger partial charge in [-0.05, 0) is 49.2 Å². The SMILES string of the molecule is COc1ccc(C(=O)N2CCN(c3ccc(C(=O)NC4CC4)cc3[N+](=O)[O-])CC2)cc1. The number of anilines is 1. The van der Waals surface area contributed by atoms with Gasteiger partial charge in [0, 0.05) is 49.4 Å². The molecule has 162 valence electrons. The topological polar surface area (TPSA) is 105 Å². The molecule has 2 aromatic carbocycles. The van der Waals surface area contributed by atoms with Crippen LogP contribution in [0.5, 0.6) is 5.75 Å². The fraction of sp³-hybridized carbons (Fsp3) is 0.364. The van der Waals surface area contributed by atoms with Crippen molar-refractivity contribution in [2.75, 3.05) is 38.2 Å². The van der Waals surface area contributed by atoms with Crippen molar-refractivity contribution in [3.63, 3.8) is 0 Å². The van der Waals surface area contributed by atoms with Gasteiger partial charge in [-0.2, -0.15) is 0 Å². The molecule has 1 N–H and O–H groups in total. The van der Waals surface area contributed by atoms with E-state index in [1.165, 1.54) is 6.07 Å². The molecule has 9 heteroatoms. The van der Waals surface area contributed by atoms with E-state index in [-0.39, 0.29) is 29.1 Å². The molecule has 2 fully saturated rings. The molecule has 4 rings (SSSR count). The molecule has 2 amide bonds. The van der Waals surface area contributed by atoms with E-state index >= 15 is 0 Å². The second kappa shape index (κ2) is 8.63. The highest BCUT2D eigenvalue weighted by Crippen LogP contribution is 2.31. The lowest BCUT2D eigenvalue weighted by Crippen LogP contribution is -2.49. The molecule has 0 aromatic heterocycles. The highest BCUT2D eigenvalue weighted by Gasteiger charge is 2.28. The Morgan fingerprint density at radius 2 is 1.68 bits per heavy atom. The predicted octanol–water partition coefficient (Wildman–Crippen LogP) is 2.46. The predicted molar refractivity (Wildman–Crippen MR) is 115 cm³/mol. The first-order valence-corrected chi connectivity index (χ1v) is 10.2. The number of nitro groups is 1. The number of rotatable bonds is 6. The van der Waals surface area contributed by atoms with Crippen molar-refractivity contribution in [3.8, 4) is 5.75 Å². The second-order valence-electron chi connectivity index (χ2n) is 7.72. The van der Waals surface area contributed by atoms with Crippen LogP contribution in [0.3, 0.4) is 0 Å². The molecule has 31 heavy (non-hydrogen) atoms. The summed E-state index contributed by atoms with van der Waals surface area (Å²) >= 11 is 0. The number of methoxy groups -OCH3 is 1. The first-order valence-electron chi connectivity index (χ1n) is 10.2. The average Bonchev–Trinajstić information content (AvgIpc) is 3.62. The fourth-order valence-corrected chi connectivity index (χ4v) is 3.64. The average molecular weight is 424 g/mol. The van der Waals surface area contributed by atoms with Crippen LogP contribution >= 0.6 is 0 Å². The molecule has 0 radical (unpaired) electrons. The molecule has 1 saturated carbocycles. The number of carbonyl (C=O) groups excluding carboxylic acids is 2. The number of nitrogens with zero attached hydrogens (tertiary/aromatic N) is 3. The van der Waals surface area contributed by atoms with Crippen LogP contribution in [-0.2, 0) is 0 Å². The lowest BCUT2D eigenvalue weighted by atomic mass is 10.1. The summed E-state index contributed by atoms with van der Waals surface area (Å²) in [6.07, 6.45) is 1.90. The molecular weight excluding hydrogens is 400 g/mol. The van der Waals surface area contributed by atoms with Gasteiger partial charge >= 0.3 is 0 Å². The van der Waals surface area contributed by atoms with Crippen LogP contribution in [0.15, 0.2) is 42.5 Å². The minimum atomic E-state index is -0.460. The summed E-state index contributed by atoms with van der Waals surface area (Å²) in [5.41, 5.74) is 1.23. The number of nitro benzene ring substituents is 1. The molecule has 1 heterocycles. The number of amides is 2.